The third-order valence-electron chi connectivity index (χ3n) is 4.21. The summed E-state index contributed by atoms with van der Waals surface area (Å²) in [7, 11) is 3.46. The topological polar surface area (TPSA) is 72.9 Å². The van der Waals surface area contributed by atoms with Crippen LogP contribution in [0.15, 0.2) is 0 Å². The monoisotopic (exact) mass is 269 g/mol. The summed E-state index contributed by atoms with van der Waals surface area (Å²) in [5.41, 5.74) is 2.69. The minimum atomic E-state index is -0.891. The van der Waals surface area contributed by atoms with Gasteiger partial charge in [0.05, 0.1) is 0 Å². The lowest BCUT2D eigenvalue weighted by Crippen LogP contribution is -2.61. The largest absolute Gasteiger partial charge is 0.480 e. The number of rotatable bonds is 2. The van der Waals surface area contributed by atoms with Gasteiger partial charge in [-0.1, -0.05) is 12.8 Å². The Labute approximate surface area is 113 Å². The van der Waals surface area contributed by atoms with Crippen molar-refractivity contribution in [2.45, 2.75) is 50.6 Å². The highest BCUT2D eigenvalue weighted by atomic mass is 16.4. The van der Waals surface area contributed by atoms with E-state index >= 15 is 0 Å². The van der Waals surface area contributed by atoms with Crippen LogP contribution >= 0.6 is 0 Å². The Hall–Kier alpha value is -1.30. The number of nitrogens with one attached hydrogen (secondary N) is 1. The van der Waals surface area contributed by atoms with Gasteiger partial charge in [0, 0.05) is 20.1 Å². The Balaban J connectivity index is 2.18. The first kappa shape index (κ1) is 14.1. The highest BCUT2D eigenvalue weighted by molar-refractivity contribution is 5.83. The molecule has 0 aromatic heterocycles. The van der Waals surface area contributed by atoms with E-state index in [-0.39, 0.29) is 12.1 Å². The lowest BCUT2D eigenvalue weighted by molar-refractivity contribution is -0.145. The lowest BCUT2D eigenvalue weighted by atomic mass is 9.76. The van der Waals surface area contributed by atoms with Gasteiger partial charge in [-0.3, -0.25) is 5.43 Å². The van der Waals surface area contributed by atoms with Gasteiger partial charge in [-0.25, -0.2) is 14.6 Å². The summed E-state index contributed by atoms with van der Waals surface area (Å²) < 4.78 is 0. The summed E-state index contributed by atoms with van der Waals surface area (Å²) in [6.07, 6.45) is 5.81. The van der Waals surface area contributed by atoms with E-state index in [9.17, 15) is 14.7 Å². The number of carboxylic acid groups (broad SMARTS) is 1. The highest BCUT2D eigenvalue weighted by Gasteiger charge is 2.43. The summed E-state index contributed by atoms with van der Waals surface area (Å²) in [4.78, 5) is 25.3. The van der Waals surface area contributed by atoms with Crippen molar-refractivity contribution in [1.29, 1.82) is 0 Å². The van der Waals surface area contributed by atoms with E-state index in [1.165, 1.54) is 6.42 Å². The second-order valence-corrected chi connectivity index (χ2v) is 5.76. The number of hydrazine groups is 1. The van der Waals surface area contributed by atoms with E-state index in [1.54, 1.807) is 24.0 Å². The molecule has 6 nitrogen and oxygen atoms in total. The van der Waals surface area contributed by atoms with Crippen LogP contribution in [0.5, 0.6) is 0 Å². The molecule has 1 aliphatic heterocycles. The molecule has 1 saturated heterocycles. The van der Waals surface area contributed by atoms with E-state index in [2.05, 4.69) is 5.43 Å². The van der Waals surface area contributed by atoms with Gasteiger partial charge in [-0.2, -0.15) is 0 Å². The fourth-order valence-corrected chi connectivity index (χ4v) is 3.42. The van der Waals surface area contributed by atoms with Crippen molar-refractivity contribution in [3.05, 3.63) is 0 Å². The van der Waals surface area contributed by atoms with Crippen molar-refractivity contribution in [2.24, 2.45) is 5.92 Å². The standard InChI is InChI=1S/C13H23N3O3/c1-15(2)14-13(19)16-10-6-4-3-5-9(10)7-8-11(16)12(17)18/h9-11H,3-8H2,1-2H3,(H,14,19)(H,17,18). The summed E-state index contributed by atoms with van der Waals surface area (Å²) in [6, 6.07) is -0.878. The first-order valence-electron chi connectivity index (χ1n) is 6.99. The molecule has 3 unspecified atom stereocenters. The fraction of sp³-hybridized carbons (Fsp3) is 0.846. The van der Waals surface area contributed by atoms with Crippen LogP contribution < -0.4 is 5.43 Å². The zero-order chi connectivity index (χ0) is 14.0. The molecule has 1 saturated carbocycles. The number of hydrogen-bond donors (Lipinski definition) is 2. The number of carbonyl (C=O) groups excluding carboxylic acids is 1. The lowest BCUT2D eigenvalue weighted by Gasteiger charge is -2.47. The van der Waals surface area contributed by atoms with Gasteiger partial charge >= 0.3 is 12.0 Å². The summed E-state index contributed by atoms with van der Waals surface area (Å²) in [6.45, 7) is 0. The van der Waals surface area contributed by atoms with E-state index in [0.717, 1.165) is 25.7 Å². The van der Waals surface area contributed by atoms with Crippen LogP contribution in [0, 0.1) is 5.92 Å². The summed E-state index contributed by atoms with van der Waals surface area (Å²) in [5.74, 6) is -0.421. The Bertz CT molecular complexity index is 359. The van der Waals surface area contributed by atoms with Crippen LogP contribution in [0.4, 0.5) is 4.79 Å². The Morgan fingerprint density at radius 3 is 2.47 bits per heavy atom. The molecule has 1 heterocycles. The predicted molar refractivity (Wildman–Crippen MR) is 70.5 cm³/mol. The molecule has 0 bridgehead atoms. The van der Waals surface area contributed by atoms with Gasteiger partial charge in [0.25, 0.3) is 0 Å². The molecule has 0 aromatic rings. The molecule has 3 atom stereocenters. The molecule has 1 aliphatic carbocycles. The number of piperidine rings is 1. The smallest absolute Gasteiger partial charge is 0.332 e. The number of carbonyl (C=O) groups is 2. The number of aliphatic carboxylic acids is 1. The second-order valence-electron chi connectivity index (χ2n) is 5.76. The molecule has 19 heavy (non-hydrogen) atoms. The molecular formula is C13H23N3O3. The average molecular weight is 269 g/mol. The number of likely N-dealkylation sites (tertiary alicyclic amines) is 1. The van der Waals surface area contributed by atoms with Crippen LogP contribution in [0.2, 0.25) is 0 Å². The number of carboxylic acids is 1. The van der Waals surface area contributed by atoms with Gasteiger partial charge in [0.2, 0.25) is 0 Å². The molecule has 2 amide bonds. The number of nitrogens with zero attached hydrogens (tertiary/aromatic N) is 2. The maximum Gasteiger partial charge on any atom is 0.332 e. The van der Waals surface area contributed by atoms with Crippen molar-refractivity contribution >= 4 is 12.0 Å². The predicted octanol–water partition coefficient (Wildman–Crippen LogP) is 1.28. The van der Waals surface area contributed by atoms with E-state index in [1.807, 2.05) is 0 Å². The zero-order valence-corrected chi connectivity index (χ0v) is 11.6. The van der Waals surface area contributed by atoms with Gasteiger partial charge in [0.1, 0.15) is 6.04 Å². The number of hydrogen-bond acceptors (Lipinski definition) is 3. The molecule has 108 valence electrons. The van der Waals surface area contributed by atoms with Gasteiger partial charge in [0.15, 0.2) is 0 Å². The van der Waals surface area contributed by atoms with Crippen LogP contribution in [0.1, 0.15) is 38.5 Å². The Morgan fingerprint density at radius 2 is 1.84 bits per heavy atom. The van der Waals surface area contributed by atoms with Crippen molar-refractivity contribution in [3.63, 3.8) is 0 Å². The van der Waals surface area contributed by atoms with Gasteiger partial charge in [-0.05, 0) is 31.6 Å². The summed E-state index contributed by atoms with van der Waals surface area (Å²) >= 11 is 0. The fourth-order valence-electron chi connectivity index (χ4n) is 3.42. The van der Waals surface area contributed by atoms with E-state index in [0.29, 0.717) is 12.3 Å². The molecule has 2 aliphatic rings. The van der Waals surface area contributed by atoms with Crippen molar-refractivity contribution in [2.75, 3.05) is 14.1 Å². The molecule has 6 heteroatoms. The van der Waals surface area contributed by atoms with Crippen LogP contribution in [-0.4, -0.2) is 53.2 Å². The normalized spacial score (nSPS) is 30.9. The first-order valence-corrected chi connectivity index (χ1v) is 6.99. The van der Waals surface area contributed by atoms with E-state index in [4.69, 9.17) is 0 Å². The molecule has 0 spiro atoms. The molecule has 2 rings (SSSR count). The molecular weight excluding hydrogens is 246 g/mol. The van der Waals surface area contributed by atoms with Crippen LogP contribution in [0.3, 0.4) is 0 Å². The minimum absolute atomic E-state index is 0.0866. The first-order chi connectivity index (χ1) is 9.00. The van der Waals surface area contributed by atoms with Crippen molar-refractivity contribution < 1.29 is 14.7 Å². The third-order valence-corrected chi connectivity index (χ3v) is 4.21. The quantitative estimate of drug-likeness (QED) is 0.741. The van der Waals surface area contributed by atoms with Crippen molar-refractivity contribution in [1.82, 2.24) is 15.3 Å². The number of urea groups is 1. The Morgan fingerprint density at radius 1 is 1.16 bits per heavy atom. The second kappa shape index (κ2) is 5.77. The minimum Gasteiger partial charge on any atom is -0.480 e. The molecule has 2 N–H and O–H groups in total. The summed E-state index contributed by atoms with van der Waals surface area (Å²) in [5, 5.41) is 10.9. The molecule has 2 fully saturated rings. The average Bonchev–Trinajstić information content (AvgIpc) is 2.36. The molecule has 0 aromatic carbocycles. The third kappa shape index (κ3) is 3.00. The maximum absolute atomic E-state index is 12.3. The van der Waals surface area contributed by atoms with Gasteiger partial charge < -0.3 is 10.0 Å². The van der Waals surface area contributed by atoms with E-state index < -0.39 is 12.0 Å². The SMILES string of the molecule is CN(C)NC(=O)N1C(C(=O)O)CCC2CCCCC21. The zero-order valence-electron chi connectivity index (χ0n) is 11.6. The highest BCUT2D eigenvalue weighted by Crippen LogP contribution is 2.37. The van der Waals surface area contributed by atoms with Crippen LogP contribution in [0.25, 0.3) is 0 Å². The van der Waals surface area contributed by atoms with Crippen LogP contribution in [-0.2, 0) is 4.79 Å². The Kier molecular flexibility index (Phi) is 4.29. The molecule has 0 radical (unpaired) electrons. The van der Waals surface area contributed by atoms with Crippen molar-refractivity contribution in [3.8, 4) is 0 Å². The maximum atomic E-state index is 12.3. The van der Waals surface area contributed by atoms with Gasteiger partial charge in [-0.15, -0.1) is 0 Å². The number of fused-ring (bicyclic) bond motifs is 1. The number of amides is 2.